The molecule has 0 saturated heterocycles. The van der Waals surface area contributed by atoms with Gasteiger partial charge in [-0.25, -0.2) is 0 Å². The molecule has 0 saturated carbocycles. The van der Waals surface area contributed by atoms with Crippen LogP contribution in [0, 0.1) is 10.1 Å². The maximum absolute atomic E-state index is 11.0. The van der Waals surface area contributed by atoms with E-state index in [4.69, 9.17) is 16.3 Å². The highest BCUT2D eigenvalue weighted by Gasteiger charge is 2.17. The summed E-state index contributed by atoms with van der Waals surface area (Å²) >= 11 is 9.25. The number of phenols is 1. The molecule has 0 aliphatic rings. The lowest BCUT2D eigenvalue weighted by Gasteiger charge is -2.07. The molecule has 3 aromatic rings. The molecule has 0 spiro atoms. The van der Waals surface area contributed by atoms with Crippen LogP contribution in [0.15, 0.2) is 70.1 Å². The van der Waals surface area contributed by atoms with E-state index < -0.39 is 16.4 Å². The van der Waals surface area contributed by atoms with Crippen molar-refractivity contribution in [3.05, 3.63) is 85.8 Å². The molecule has 1 N–H and O–H groups in total. The van der Waals surface area contributed by atoms with Crippen LogP contribution < -0.4 is 4.74 Å². The third-order valence-corrected chi connectivity index (χ3v) is 4.30. The third-order valence-electron chi connectivity index (χ3n) is 3.53. The zero-order valence-corrected chi connectivity index (χ0v) is 16.0. The van der Waals surface area contributed by atoms with E-state index in [1.807, 2.05) is 12.1 Å². The molecule has 0 aliphatic carbocycles. The minimum absolute atomic E-state index is 0.229. The molecule has 6 nitrogen and oxygen atoms in total. The highest BCUT2D eigenvalue weighted by Crippen LogP contribution is 2.33. The van der Waals surface area contributed by atoms with E-state index in [0.29, 0.717) is 26.7 Å². The average Bonchev–Trinajstić information content (AvgIpc) is 2.65. The Hall–Kier alpha value is -2.90. The molecular weight excluding hydrogens is 436 g/mol. The Morgan fingerprint density at radius 2 is 1.85 bits per heavy atom. The number of nitro groups is 1. The van der Waals surface area contributed by atoms with Gasteiger partial charge in [0.15, 0.2) is 0 Å². The first-order chi connectivity index (χ1) is 12.9. The summed E-state index contributed by atoms with van der Waals surface area (Å²) in [6.07, 6.45) is 1.36. The summed E-state index contributed by atoms with van der Waals surface area (Å²) in [6.45, 7) is 0. The van der Waals surface area contributed by atoms with E-state index in [-0.39, 0.29) is 5.56 Å². The minimum atomic E-state index is -0.654. The van der Waals surface area contributed by atoms with Crippen molar-refractivity contribution in [2.75, 3.05) is 0 Å². The van der Waals surface area contributed by atoms with Crippen molar-refractivity contribution in [1.29, 1.82) is 0 Å². The molecule has 0 bridgehead atoms. The molecule has 0 heterocycles. The number of halogens is 2. The van der Waals surface area contributed by atoms with Crippen molar-refractivity contribution in [2.24, 2.45) is 4.99 Å². The van der Waals surface area contributed by atoms with Crippen LogP contribution in [0.3, 0.4) is 0 Å². The van der Waals surface area contributed by atoms with Gasteiger partial charge >= 0.3 is 5.69 Å². The lowest BCUT2D eigenvalue weighted by atomic mass is 10.2. The molecule has 0 atom stereocenters. The third kappa shape index (κ3) is 4.64. The summed E-state index contributed by atoms with van der Waals surface area (Å²) in [5.74, 6) is 0.690. The number of hydrogen-bond acceptors (Lipinski definition) is 5. The number of phenolic OH excluding ortho intramolecular Hbond substituents is 1. The highest BCUT2D eigenvalue weighted by molar-refractivity contribution is 9.10. The smallest absolute Gasteiger partial charge is 0.312 e. The van der Waals surface area contributed by atoms with Crippen molar-refractivity contribution < 1.29 is 14.8 Å². The van der Waals surface area contributed by atoms with Gasteiger partial charge < -0.3 is 9.84 Å². The number of nitrogens with zero attached hydrogens (tertiary/aromatic N) is 2. The Morgan fingerprint density at radius 1 is 1.15 bits per heavy atom. The lowest BCUT2D eigenvalue weighted by molar-refractivity contribution is -0.385. The van der Waals surface area contributed by atoms with Crippen molar-refractivity contribution in [2.45, 2.75) is 0 Å². The summed E-state index contributed by atoms with van der Waals surface area (Å²) in [5, 5.41) is 21.5. The second kappa shape index (κ2) is 8.20. The van der Waals surface area contributed by atoms with Crippen molar-refractivity contribution in [3.8, 4) is 17.2 Å². The van der Waals surface area contributed by atoms with Gasteiger partial charge in [-0.2, -0.15) is 0 Å². The second-order valence-electron chi connectivity index (χ2n) is 5.40. The van der Waals surface area contributed by atoms with Gasteiger partial charge in [-0.05, 0) is 42.5 Å². The van der Waals surface area contributed by atoms with Crippen molar-refractivity contribution >= 4 is 45.1 Å². The van der Waals surface area contributed by atoms with Gasteiger partial charge in [-0.3, -0.25) is 15.1 Å². The van der Waals surface area contributed by atoms with E-state index >= 15 is 0 Å². The molecule has 0 unspecified atom stereocenters. The zero-order chi connectivity index (χ0) is 19.4. The normalized spacial score (nSPS) is 10.9. The predicted molar refractivity (Wildman–Crippen MR) is 108 cm³/mol. The fourth-order valence-corrected chi connectivity index (χ4v) is 2.88. The Morgan fingerprint density at radius 3 is 2.52 bits per heavy atom. The van der Waals surface area contributed by atoms with Crippen LogP contribution in [0.5, 0.6) is 17.2 Å². The summed E-state index contributed by atoms with van der Waals surface area (Å²) in [5.41, 5.74) is 0.422. The lowest BCUT2D eigenvalue weighted by Crippen LogP contribution is -1.92. The topological polar surface area (TPSA) is 85.0 Å². The Kier molecular flexibility index (Phi) is 5.73. The van der Waals surface area contributed by atoms with Gasteiger partial charge in [0.2, 0.25) is 5.75 Å². The van der Waals surface area contributed by atoms with Gasteiger partial charge in [0.1, 0.15) is 11.5 Å². The van der Waals surface area contributed by atoms with Gasteiger partial charge in [-0.15, -0.1) is 0 Å². The van der Waals surface area contributed by atoms with Gasteiger partial charge in [0, 0.05) is 22.3 Å². The molecule has 136 valence electrons. The molecular formula is C19H12BrClN2O4. The number of para-hydroxylation sites is 1. The Labute approximate surface area is 168 Å². The fraction of sp³-hybridized carbons (Fsp3) is 0. The standard InChI is InChI=1S/C19H12BrClN2O4/c20-13-9-12(19(24)17(10-13)23(25)26)11-22-14-5-7-15(8-6-14)27-18-4-2-1-3-16(18)21/h1-11,24H. The van der Waals surface area contributed by atoms with Crippen LogP contribution in [0.25, 0.3) is 0 Å². The SMILES string of the molecule is O=[N+]([O-])c1cc(Br)cc(C=Nc2ccc(Oc3ccccc3Cl)cc2)c1O. The van der Waals surface area contributed by atoms with Crippen LogP contribution in [0.1, 0.15) is 5.56 Å². The molecule has 3 aromatic carbocycles. The van der Waals surface area contributed by atoms with E-state index in [1.54, 1.807) is 42.5 Å². The monoisotopic (exact) mass is 446 g/mol. The number of nitro benzene ring substituents is 1. The van der Waals surface area contributed by atoms with Crippen LogP contribution >= 0.6 is 27.5 Å². The summed E-state index contributed by atoms with van der Waals surface area (Å²) in [7, 11) is 0. The second-order valence-corrected chi connectivity index (χ2v) is 6.73. The Balaban J connectivity index is 1.79. The first-order valence-electron chi connectivity index (χ1n) is 7.67. The molecule has 3 rings (SSSR count). The number of aliphatic imine (C=N–C) groups is 1. The number of aromatic hydroxyl groups is 1. The van der Waals surface area contributed by atoms with Crippen LogP contribution in [0.2, 0.25) is 5.02 Å². The largest absolute Gasteiger partial charge is 0.502 e. The van der Waals surface area contributed by atoms with E-state index in [1.165, 1.54) is 12.3 Å². The summed E-state index contributed by atoms with van der Waals surface area (Å²) in [4.78, 5) is 14.5. The van der Waals surface area contributed by atoms with Crippen molar-refractivity contribution in [3.63, 3.8) is 0 Å². The van der Waals surface area contributed by atoms with Gasteiger partial charge in [-0.1, -0.05) is 39.7 Å². The average molecular weight is 448 g/mol. The maximum Gasteiger partial charge on any atom is 0.312 e. The molecule has 0 aromatic heterocycles. The van der Waals surface area contributed by atoms with E-state index in [0.717, 1.165) is 0 Å². The van der Waals surface area contributed by atoms with Gasteiger partial charge in [0.05, 0.1) is 15.6 Å². The van der Waals surface area contributed by atoms with Crippen molar-refractivity contribution in [1.82, 2.24) is 0 Å². The summed E-state index contributed by atoms with van der Waals surface area (Å²) < 4.78 is 6.17. The first kappa shape index (κ1) is 18.9. The molecule has 0 amide bonds. The number of benzene rings is 3. The van der Waals surface area contributed by atoms with Crippen LogP contribution in [0.4, 0.5) is 11.4 Å². The van der Waals surface area contributed by atoms with Crippen LogP contribution in [-0.4, -0.2) is 16.2 Å². The summed E-state index contributed by atoms with van der Waals surface area (Å²) in [6, 6.07) is 16.8. The maximum atomic E-state index is 11.0. The fourth-order valence-electron chi connectivity index (χ4n) is 2.24. The quantitative estimate of drug-likeness (QED) is 0.284. The van der Waals surface area contributed by atoms with E-state index in [9.17, 15) is 15.2 Å². The molecule has 0 aliphatic heterocycles. The minimum Gasteiger partial charge on any atom is -0.502 e. The van der Waals surface area contributed by atoms with Crippen LogP contribution in [-0.2, 0) is 0 Å². The number of ether oxygens (including phenoxy) is 1. The Bertz CT molecular complexity index is 1020. The van der Waals surface area contributed by atoms with Gasteiger partial charge in [0.25, 0.3) is 0 Å². The molecule has 8 heteroatoms. The zero-order valence-electron chi connectivity index (χ0n) is 13.7. The predicted octanol–water partition coefficient (Wildman–Crippen LogP) is 6.26. The first-order valence-corrected chi connectivity index (χ1v) is 8.84. The molecule has 0 fully saturated rings. The number of rotatable bonds is 5. The van der Waals surface area contributed by atoms with E-state index in [2.05, 4.69) is 20.9 Å². The molecule has 27 heavy (non-hydrogen) atoms. The molecule has 0 radical (unpaired) electrons. The number of hydrogen-bond donors (Lipinski definition) is 1. The highest BCUT2D eigenvalue weighted by atomic mass is 79.9.